The molecule has 236 valence electrons. The summed E-state index contributed by atoms with van der Waals surface area (Å²) in [5.74, 6) is -0.0966. The number of carbonyl (C=O) groups is 3. The Labute approximate surface area is 248 Å². The van der Waals surface area contributed by atoms with Crippen LogP contribution in [0.15, 0.2) is 35.1 Å². The molecule has 1 saturated heterocycles. The summed E-state index contributed by atoms with van der Waals surface area (Å²) < 4.78 is 37.6. The second-order valence-corrected chi connectivity index (χ2v) is 11.0. The van der Waals surface area contributed by atoms with Crippen molar-refractivity contribution in [1.82, 2.24) is 20.1 Å². The lowest BCUT2D eigenvalue weighted by atomic mass is 10.0. The molecule has 3 aromatic rings. The van der Waals surface area contributed by atoms with E-state index in [4.69, 9.17) is 10.5 Å². The number of amides is 3. The Morgan fingerprint density at radius 1 is 1.16 bits per heavy atom. The van der Waals surface area contributed by atoms with Gasteiger partial charge < -0.3 is 21.4 Å². The number of nitrogens with zero attached hydrogens (tertiary/aromatic N) is 2. The Kier molecular flexibility index (Phi) is 11.7. The van der Waals surface area contributed by atoms with Crippen molar-refractivity contribution in [2.24, 2.45) is 28.7 Å². The van der Waals surface area contributed by atoms with E-state index in [2.05, 4.69) is 34.8 Å². The molecule has 0 spiro atoms. The summed E-state index contributed by atoms with van der Waals surface area (Å²) in [6.07, 6.45) is -3.66. The number of aromatic nitrogens is 3. The molecule has 5 rings (SSSR count). The average molecular weight is 607 g/mol. The Balaban J connectivity index is 0.000000266. The molecule has 10 nitrogen and oxygen atoms in total. The number of halogens is 3. The molecule has 43 heavy (non-hydrogen) atoms. The number of aromatic amines is 2. The van der Waals surface area contributed by atoms with Crippen molar-refractivity contribution < 1.29 is 27.6 Å². The highest BCUT2D eigenvalue weighted by molar-refractivity contribution is 5.83. The van der Waals surface area contributed by atoms with Crippen LogP contribution in [-0.2, 0) is 27.0 Å². The van der Waals surface area contributed by atoms with Gasteiger partial charge in [0.2, 0.25) is 18.2 Å². The SMILES string of the molecule is CC.CC(C(=O)N1CC2C(C1)C2(C)C)c1cc(C(F)(F)F)n[nH]1.Cc1ccc2[nH]c(=O)c(CCC(N)=O)cc2c1.NC=O. The molecule has 3 atom stereocenters. The maximum absolute atomic E-state index is 12.5. The number of primary amides is 2. The van der Waals surface area contributed by atoms with Gasteiger partial charge in [0, 0.05) is 36.3 Å². The molecule has 2 aliphatic rings. The largest absolute Gasteiger partial charge is 0.435 e. The molecule has 1 saturated carbocycles. The van der Waals surface area contributed by atoms with Gasteiger partial charge in [-0.15, -0.1) is 0 Å². The lowest BCUT2D eigenvalue weighted by Crippen LogP contribution is -2.35. The number of likely N-dealkylation sites (tertiary alicyclic amines) is 1. The smallest absolute Gasteiger partial charge is 0.372 e. The van der Waals surface area contributed by atoms with Gasteiger partial charge in [-0.2, -0.15) is 18.3 Å². The van der Waals surface area contributed by atoms with E-state index in [1.165, 1.54) is 0 Å². The zero-order valence-corrected chi connectivity index (χ0v) is 25.3. The van der Waals surface area contributed by atoms with Crippen LogP contribution in [-0.4, -0.2) is 51.4 Å². The van der Waals surface area contributed by atoms with E-state index in [9.17, 15) is 27.6 Å². The summed E-state index contributed by atoms with van der Waals surface area (Å²) in [5, 5.41) is 6.56. The van der Waals surface area contributed by atoms with Crippen molar-refractivity contribution in [3.05, 3.63) is 63.2 Å². The van der Waals surface area contributed by atoms with Crippen LogP contribution in [0.1, 0.15) is 69.5 Å². The van der Waals surface area contributed by atoms with Crippen molar-refractivity contribution in [2.45, 2.75) is 66.5 Å². The van der Waals surface area contributed by atoms with Crippen LogP contribution in [0.3, 0.4) is 0 Å². The van der Waals surface area contributed by atoms with Gasteiger partial charge in [-0.05, 0) is 67.2 Å². The van der Waals surface area contributed by atoms with E-state index in [1.807, 2.05) is 45.0 Å². The number of fused-ring (bicyclic) bond motifs is 2. The molecule has 2 fully saturated rings. The number of benzene rings is 1. The van der Waals surface area contributed by atoms with Crippen LogP contribution in [0, 0.1) is 24.2 Å². The minimum atomic E-state index is -4.49. The molecular weight excluding hydrogens is 565 g/mol. The second kappa shape index (κ2) is 14.3. The number of rotatable bonds is 5. The number of nitrogens with two attached hydrogens (primary N) is 2. The zero-order chi connectivity index (χ0) is 32.7. The van der Waals surface area contributed by atoms with Crippen LogP contribution in [0.25, 0.3) is 10.9 Å². The van der Waals surface area contributed by atoms with Gasteiger partial charge in [-0.3, -0.25) is 24.3 Å². The highest BCUT2D eigenvalue weighted by Gasteiger charge is 2.62. The monoisotopic (exact) mass is 606 g/mol. The highest BCUT2D eigenvalue weighted by atomic mass is 19.4. The number of aryl methyl sites for hydroxylation is 2. The predicted octanol–water partition coefficient (Wildman–Crippen LogP) is 4.03. The summed E-state index contributed by atoms with van der Waals surface area (Å²) in [5.41, 5.74) is 11.2. The van der Waals surface area contributed by atoms with Crippen molar-refractivity contribution in [3.63, 3.8) is 0 Å². The Morgan fingerprint density at radius 2 is 1.74 bits per heavy atom. The number of carbonyl (C=O) groups excluding carboxylic acids is 3. The molecule has 1 aliphatic carbocycles. The Morgan fingerprint density at radius 3 is 2.26 bits per heavy atom. The maximum Gasteiger partial charge on any atom is 0.435 e. The lowest BCUT2D eigenvalue weighted by Gasteiger charge is -2.24. The lowest BCUT2D eigenvalue weighted by molar-refractivity contribution is -0.141. The molecule has 3 amide bonds. The molecule has 6 N–H and O–H groups in total. The van der Waals surface area contributed by atoms with E-state index in [0.29, 0.717) is 42.3 Å². The zero-order valence-electron chi connectivity index (χ0n) is 25.3. The summed E-state index contributed by atoms with van der Waals surface area (Å²) in [6.45, 7) is 13.4. The Bertz CT molecular complexity index is 1470. The first-order valence-electron chi connectivity index (χ1n) is 14.1. The van der Waals surface area contributed by atoms with E-state index in [-0.39, 0.29) is 30.0 Å². The van der Waals surface area contributed by atoms with Gasteiger partial charge in [-0.1, -0.05) is 39.3 Å². The number of nitrogens with one attached hydrogen (secondary N) is 2. The standard InChI is InChI=1S/C14H18F3N3O.C13H14N2O2.C2H6.CH3NO/c1-7(10-4-11(19-18-10)14(15,16)17)12(21)20-5-8-9(6-20)13(8,2)3;1-8-2-4-11-10(6-8)7-9(13(17)15-11)3-5-12(14)16;1-2;2-1-3/h4,7-9H,5-6H2,1-3H3,(H,18,19);2,4,6-7H,3,5H2,1H3,(H2,14,16)(H,15,17);1-2H3;1H,(H2,2,3). The first-order chi connectivity index (χ1) is 20.1. The summed E-state index contributed by atoms with van der Waals surface area (Å²) >= 11 is 0. The summed E-state index contributed by atoms with van der Waals surface area (Å²) in [6, 6.07) is 8.57. The van der Waals surface area contributed by atoms with Crippen molar-refractivity contribution in [2.75, 3.05) is 13.1 Å². The van der Waals surface area contributed by atoms with Crippen LogP contribution >= 0.6 is 0 Å². The third-order valence-corrected chi connectivity index (χ3v) is 7.88. The topological polar surface area (TPSA) is 168 Å². The number of pyridine rings is 1. The molecule has 1 aromatic carbocycles. The van der Waals surface area contributed by atoms with Gasteiger partial charge in [0.25, 0.3) is 5.56 Å². The third kappa shape index (κ3) is 8.68. The second-order valence-electron chi connectivity index (χ2n) is 11.0. The third-order valence-electron chi connectivity index (χ3n) is 7.88. The minimum Gasteiger partial charge on any atom is -0.372 e. The Hall–Kier alpha value is -4.16. The predicted molar refractivity (Wildman–Crippen MR) is 158 cm³/mol. The number of alkyl halides is 3. The molecule has 0 bridgehead atoms. The molecule has 2 aromatic heterocycles. The van der Waals surface area contributed by atoms with Crippen molar-refractivity contribution in [1.29, 1.82) is 0 Å². The van der Waals surface area contributed by atoms with E-state index < -0.39 is 23.7 Å². The summed E-state index contributed by atoms with van der Waals surface area (Å²) in [4.78, 5) is 48.0. The first kappa shape index (κ1) is 35.0. The van der Waals surface area contributed by atoms with Crippen molar-refractivity contribution >= 4 is 29.1 Å². The number of hydrogen-bond donors (Lipinski definition) is 4. The van der Waals surface area contributed by atoms with Crippen molar-refractivity contribution in [3.8, 4) is 0 Å². The molecule has 13 heteroatoms. The fraction of sp³-hybridized carbons (Fsp3) is 0.500. The molecule has 1 aliphatic heterocycles. The van der Waals surface area contributed by atoms with Crippen LogP contribution in [0.5, 0.6) is 0 Å². The molecule has 3 heterocycles. The maximum atomic E-state index is 12.5. The first-order valence-corrected chi connectivity index (χ1v) is 14.1. The van der Waals surface area contributed by atoms with E-state index in [1.54, 1.807) is 11.8 Å². The quantitative estimate of drug-likeness (QED) is 0.321. The van der Waals surface area contributed by atoms with E-state index >= 15 is 0 Å². The van der Waals surface area contributed by atoms with Gasteiger partial charge >= 0.3 is 6.18 Å². The minimum absolute atomic E-state index is 0.129. The fourth-order valence-electron chi connectivity index (χ4n) is 5.24. The van der Waals surface area contributed by atoms with Gasteiger partial charge in [-0.25, -0.2) is 0 Å². The van der Waals surface area contributed by atoms with Gasteiger partial charge in [0.1, 0.15) is 0 Å². The number of piperidine rings is 1. The van der Waals surface area contributed by atoms with Crippen LogP contribution in [0.4, 0.5) is 13.2 Å². The summed E-state index contributed by atoms with van der Waals surface area (Å²) in [7, 11) is 0. The molecule has 0 radical (unpaired) electrons. The van der Waals surface area contributed by atoms with E-state index in [0.717, 1.165) is 22.5 Å². The molecular formula is C30H41F3N6O4. The van der Waals surface area contributed by atoms with Gasteiger partial charge in [0.15, 0.2) is 5.69 Å². The number of H-pyrrole nitrogens is 2. The normalized spacial score (nSPS) is 18.5. The molecule has 3 unspecified atom stereocenters. The average Bonchev–Trinajstić information content (AvgIpc) is 3.41. The van der Waals surface area contributed by atoms with Gasteiger partial charge in [0.05, 0.1) is 5.92 Å². The fourth-order valence-corrected chi connectivity index (χ4v) is 5.24. The van der Waals surface area contributed by atoms with Crippen LogP contribution < -0.4 is 17.0 Å². The highest BCUT2D eigenvalue weighted by Crippen LogP contribution is 2.62. The van der Waals surface area contributed by atoms with Crippen LogP contribution in [0.2, 0.25) is 0 Å². The number of hydrogen-bond acceptors (Lipinski definition) is 5.